The zero-order valence-electron chi connectivity index (χ0n) is 9.95. The van der Waals surface area contributed by atoms with Crippen LogP contribution in [0.2, 0.25) is 0 Å². The Kier molecular flexibility index (Phi) is 3.97. The molecule has 0 radical (unpaired) electrons. The van der Waals surface area contributed by atoms with Crippen LogP contribution in [0.1, 0.15) is 43.4 Å². The van der Waals surface area contributed by atoms with Crippen molar-refractivity contribution in [3.05, 3.63) is 35.4 Å². The predicted molar refractivity (Wildman–Crippen MR) is 66.4 cm³/mol. The van der Waals surface area contributed by atoms with Gasteiger partial charge in [-0.15, -0.1) is 0 Å². The lowest BCUT2D eigenvalue weighted by atomic mass is 9.99. The summed E-state index contributed by atoms with van der Waals surface area (Å²) in [5.74, 6) is 0. The number of aryl methyl sites for hydroxylation is 1. The van der Waals surface area contributed by atoms with Gasteiger partial charge in [0.05, 0.1) is 6.10 Å². The number of rotatable bonds is 3. The number of hydrogen-bond donors (Lipinski definition) is 2. The zero-order valence-corrected chi connectivity index (χ0v) is 9.95. The Morgan fingerprint density at radius 3 is 3.00 bits per heavy atom. The molecule has 2 atom stereocenters. The van der Waals surface area contributed by atoms with Gasteiger partial charge in [-0.05, 0) is 37.3 Å². The molecule has 0 fully saturated rings. The van der Waals surface area contributed by atoms with Gasteiger partial charge in [0.25, 0.3) is 0 Å². The van der Waals surface area contributed by atoms with E-state index in [4.69, 9.17) is 0 Å². The van der Waals surface area contributed by atoms with E-state index in [9.17, 15) is 5.11 Å². The number of aliphatic hydroxyl groups is 1. The Hall–Kier alpha value is -0.860. The summed E-state index contributed by atoms with van der Waals surface area (Å²) in [6.07, 6.45) is 4.67. The van der Waals surface area contributed by atoms with Crippen LogP contribution in [0.25, 0.3) is 0 Å². The maximum Gasteiger partial charge on any atom is 0.0636 e. The highest BCUT2D eigenvalue weighted by Gasteiger charge is 2.17. The highest BCUT2D eigenvalue weighted by atomic mass is 16.3. The molecule has 1 aliphatic carbocycles. The molecule has 1 unspecified atom stereocenters. The van der Waals surface area contributed by atoms with Crippen LogP contribution in [-0.2, 0) is 6.42 Å². The Morgan fingerprint density at radius 2 is 2.19 bits per heavy atom. The third-order valence-electron chi connectivity index (χ3n) is 3.28. The number of aliphatic hydroxyl groups excluding tert-OH is 1. The van der Waals surface area contributed by atoms with E-state index < -0.39 is 0 Å². The van der Waals surface area contributed by atoms with E-state index in [2.05, 4.69) is 29.6 Å². The van der Waals surface area contributed by atoms with Crippen molar-refractivity contribution >= 4 is 0 Å². The summed E-state index contributed by atoms with van der Waals surface area (Å²) < 4.78 is 0. The fourth-order valence-electron chi connectivity index (χ4n) is 2.45. The second-order valence-electron chi connectivity index (χ2n) is 4.75. The highest BCUT2D eigenvalue weighted by Crippen LogP contribution is 2.28. The third-order valence-corrected chi connectivity index (χ3v) is 3.28. The largest absolute Gasteiger partial charge is 0.392 e. The van der Waals surface area contributed by atoms with E-state index in [1.165, 1.54) is 36.8 Å². The molecule has 2 heteroatoms. The molecule has 1 aliphatic rings. The monoisotopic (exact) mass is 219 g/mol. The minimum Gasteiger partial charge on any atom is -0.392 e. The fraction of sp³-hybridized carbons (Fsp3) is 0.571. The molecule has 0 bridgehead atoms. The van der Waals surface area contributed by atoms with Crippen molar-refractivity contribution in [1.82, 2.24) is 5.32 Å². The average molecular weight is 219 g/mol. The third kappa shape index (κ3) is 2.83. The highest BCUT2D eigenvalue weighted by molar-refractivity contribution is 5.31. The van der Waals surface area contributed by atoms with E-state index >= 15 is 0 Å². The van der Waals surface area contributed by atoms with Crippen molar-refractivity contribution in [3.8, 4) is 0 Å². The summed E-state index contributed by atoms with van der Waals surface area (Å²) in [4.78, 5) is 0. The second kappa shape index (κ2) is 5.46. The summed E-state index contributed by atoms with van der Waals surface area (Å²) in [6.45, 7) is 2.51. The number of benzene rings is 1. The first-order valence-corrected chi connectivity index (χ1v) is 6.26. The SMILES string of the molecule is C[C@H](O)CNC1CCCCc2ccccc21. The molecule has 0 saturated carbocycles. The lowest BCUT2D eigenvalue weighted by Crippen LogP contribution is -2.28. The Morgan fingerprint density at radius 1 is 1.38 bits per heavy atom. The predicted octanol–water partition coefficient (Wildman–Crippen LogP) is 2.42. The van der Waals surface area contributed by atoms with Gasteiger partial charge in [0.1, 0.15) is 0 Å². The molecule has 2 rings (SSSR count). The Balaban J connectivity index is 2.12. The maximum absolute atomic E-state index is 9.34. The van der Waals surface area contributed by atoms with E-state index in [-0.39, 0.29) is 6.10 Å². The molecular formula is C14H21NO. The lowest BCUT2D eigenvalue weighted by Gasteiger charge is -2.20. The van der Waals surface area contributed by atoms with Gasteiger partial charge < -0.3 is 10.4 Å². The van der Waals surface area contributed by atoms with Crippen LogP contribution in [0.4, 0.5) is 0 Å². The minimum atomic E-state index is -0.268. The van der Waals surface area contributed by atoms with Crippen LogP contribution >= 0.6 is 0 Å². The summed E-state index contributed by atoms with van der Waals surface area (Å²) in [5, 5.41) is 12.8. The van der Waals surface area contributed by atoms with Crippen LogP contribution in [0.15, 0.2) is 24.3 Å². The first kappa shape index (κ1) is 11.6. The minimum absolute atomic E-state index is 0.268. The van der Waals surface area contributed by atoms with Gasteiger partial charge in [0.15, 0.2) is 0 Å². The molecule has 2 nitrogen and oxygen atoms in total. The van der Waals surface area contributed by atoms with Crippen LogP contribution in [-0.4, -0.2) is 17.8 Å². The van der Waals surface area contributed by atoms with E-state index in [1.54, 1.807) is 0 Å². The van der Waals surface area contributed by atoms with Crippen molar-refractivity contribution in [3.63, 3.8) is 0 Å². The summed E-state index contributed by atoms with van der Waals surface area (Å²) >= 11 is 0. The molecule has 0 amide bonds. The second-order valence-corrected chi connectivity index (χ2v) is 4.75. The maximum atomic E-state index is 9.34. The van der Waals surface area contributed by atoms with Crippen molar-refractivity contribution in [2.24, 2.45) is 0 Å². The molecule has 0 spiro atoms. The summed E-state index contributed by atoms with van der Waals surface area (Å²) in [7, 11) is 0. The van der Waals surface area contributed by atoms with Crippen molar-refractivity contribution in [2.45, 2.75) is 44.8 Å². The molecular weight excluding hydrogens is 198 g/mol. The molecule has 0 aromatic heterocycles. The van der Waals surface area contributed by atoms with Crippen LogP contribution in [0.3, 0.4) is 0 Å². The number of hydrogen-bond acceptors (Lipinski definition) is 2. The van der Waals surface area contributed by atoms with Gasteiger partial charge in [0.2, 0.25) is 0 Å². The molecule has 0 saturated heterocycles. The molecule has 1 aromatic rings. The number of nitrogens with one attached hydrogen (secondary N) is 1. The molecule has 16 heavy (non-hydrogen) atoms. The smallest absolute Gasteiger partial charge is 0.0636 e. The van der Waals surface area contributed by atoms with E-state index in [0.29, 0.717) is 12.6 Å². The van der Waals surface area contributed by atoms with Crippen LogP contribution in [0.5, 0.6) is 0 Å². The van der Waals surface area contributed by atoms with Crippen molar-refractivity contribution in [2.75, 3.05) is 6.54 Å². The molecule has 2 N–H and O–H groups in total. The van der Waals surface area contributed by atoms with Gasteiger partial charge >= 0.3 is 0 Å². The fourth-order valence-corrected chi connectivity index (χ4v) is 2.45. The van der Waals surface area contributed by atoms with Crippen LogP contribution < -0.4 is 5.32 Å². The molecule has 0 aliphatic heterocycles. The average Bonchev–Trinajstić information content (AvgIpc) is 2.48. The molecule has 1 aromatic carbocycles. The van der Waals surface area contributed by atoms with E-state index in [0.717, 1.165) is 0 Å². The van der Waals surface area contributed by atoms with Crippen molar-refractivity contribution < 1.29 is 5.11 Å². The lowest BCUT2D eigenvalue weighted by molar-refractivity contribution is 0.185. The van der Waals surface area contributed by atoms with Gasteiger partial charge in [-0.2, -0.15) is 0 Å². The number of fused-ring (bicyclic) bond motifs is 1. The first-order chi connectivity index (χ1) is 7.77. The van der Waals surface area contributed by atoms with Gasteiger partial charge in [-0.1, -0.05) is 30.7 Å². The summed E-state index contributed by atoms with van der Waals surface area (Å²) in [6, 6.07) is 9.11. The first-order valence-electron chi connectivity index (χ1n) is 6.26. The molecule has 0 heterocycles. The zero-order chi connectivity index (χ0) is 11.4. The molecule has 88 valence electrons. The quantitative estimate of drug-likeness (QED) is 0.765. The standard InChI is InChI=1S/C14H21NO/c1-11(16)10-15-14-9-5-3-7-12-6-2-4-8-13(12)14/h2,4,6,8,11,14-16H,3,5,7,9-10H2,1H3/t11-,14?/m0/s1. The topological polar surface area (TPSA) is 32.3 Å². The van der Waals surface area contributed by atoms with E-state index in [1.807, 2.05) is 6.92 Å². The Labute approximate surface area is 97.7 Å². The normalized spacial score (nSPS) is 22.2. The van der Waals surface area contributed by atoms with Crippen LogP contribution in [0, 0.1) is 0 Å². The van der Waals surface area contributed by atoms with Gasteiger partial charge in [0, 0.05) is 12.6 Å². The Bertz CT molecular complexity index is 335. The summed E-state index contributed by atoms with van der Waals surface area (Å²) in [5.41, 5.74) is 2.91. The van der Waals surface area contributed by atoms with Gasteiger partial charge in [-0.25, -0.2) is 0 Å². The van der Waals surface area contributed by atoms with Crippen molar-refractivity contribution in [1.29, 1.82) is 0 Å². The van der Waals surface area contributed by atoms with Gasteiger partial charge in [-0.3, -0.25) is 0 Å².